The number of benzene rings is 1. The second kappa shape index (κ2) is 6.58. The fourth-order valence-electron chi connectivity index (χ4n) is 3.22. The number of carbonyl (C=O) groups excluding carboxylic acids is 1. The molecule has 1 amide bonds. The number of rotatable bonds is 4. The first kappa shape index (κ1) is 14.5. The molecule has 4 atom stereocenters. The first-order valence-electron chi connectivity index (χ1n) is 7.81. The summed E-state index contributed by atoms with van der Waals surface area (Å²) in [5.41, 5.74) is 1.19. The van der Waals surface area contributed by atoms with Crippen LogP contribution in [0.2, 0.25) is 0 Å². The molecule has 21 heavy (non-hydrogen) atoms. The Morgan fingerprint density at radius 3 is 2.67 bits per heavy atom. The highest BCUT2D eigenvalue weighted by Gasteiger charge is 2.33. The van der Waals surface area contributed by atoms with E-state index in [-0.39, 0.29) is 18.1 Å². The average Bonchev–Trinajstić information content (AvgIpc) is 3.14. The summed E-state index contributed by atoms with van der Waals surface area (Å²) in [7, 11) is 0. The molecule has 114 valence electrons. The van der Waals surface area contributed by atoms with Crippen LogP contribution in [0, 0.1) is 11.8 Å². The molecule has 0 unspecified atom stereocenters. The molecule has 1 aromatic carbocycles. The Morgan fingerprint density at radius 1 is 1.19 bits per heavy atom. The van der Waals surface area contributed by atoms with E-state index in [1.807, 2.05) is 18.2 Å². The maximum atomic E-state index is 12.2. The molecule has 0 spiro atoms. The summed E-state index contributed by atoms with van der Waals surface area (Å²) in [5.74, 6) is 0.682. The van der Waals surface area contributed by atoms with Crippen LogP contribution >= 0.6 is 0 Å². The molecule has 4 nitrogen and oxygen atoms in total. The van der Waals surface area contributed by atoms with E-state index in [1.165, 1.54) is 5.56 Å². The lowest BCUT2D eigenvalue weighted by molar-refractivity contribution is -0.131. The number of hydrogen-bond donors (Lipinski definition) is 1. The molecule has 2 saturated heterocycles. The number of carbonyl (C=O) groups is 1. The van der Waals surface area contributed by atoms with E-state index in [2.05, 4.69) is 24.4 Å². The van der Waals surface area contributed by atoms with Gasteiger partial charge in [-0.05, 0) is 24.3 Å². The van der Waals surface area contributed by atoms with Crippen molar-refractivity contribution in [3.63, 3.8) is 0 Å². The van der Waals surface area contributed by atoms with E-state index >= 15 is 0 Å². The third-order valence-corrected chi connectivity index (χ3v) is 4.53. The van der Waals surface area contributed by atoms with E-state index in [9.17, 15) is 4.79 Å². The fourth-order valence-corrected chi connectivity index (χ4v) is 3.22. The minimum absolute atomic E-state index is 0.0266. The minimum atomic E-state index is -0.275. The van der Waals surface area contributed by atoms with Crippen molar-refractivity contribution in [1.82, 2.24) is 5.32 Å². The molecular weight excluding hydrogens is 266 g/mol. The summed E-state index contributed by atoms with van der Waals surface area (Å²) in [5, 5.41) is 3.05. The number of hydrogen-bond acceptors (Lipinski definition) is 3. The van der Waals surface area contributed by atoms with Crippen molar-refractivity contribution in [2.75, 3.05) is 19.8 Å². The molecule has 1 N–H and O–H groups in total. The Bertz CT molecular complexity index is 476. The minimum Gasteiger partial charge on any atom is -0.373 e. The van der Waals surface area contributed by atoms with Crippen molar-refractivity contribution in [2.45, 2.75) is 32.0 Å². The van der Waals surface area contributed by atoms with Crippen molar-refractivity contribution in [3.8, 4) is 0 Å². The van der Waals surface area contributed by atoms with Crippen molar-refractivity contribution < 1.29 is 14.3 Å². The summed E-state index contributed by atoms with van der Waals surface area (Å²) < 4.78 is 11.4. The lowest BCUT2D eigenvalue weighted by Gasteiger charge is -2.21. The zero-order valence-electron chi connectivity index (χ0n) is 12.5. The molecule has 3 rings (SSSR count). The molecule has 2 heterocycles. The second-order valence-electron chi connectivity index (χ2n) is 6.05. The van der Waals surface area contributed by atoms with Gasteiger partial charge in [0.25, 0.3) is 0 Å². The maximum absolute atomic E-state index is 12.2. The van der Waals surface area contributed by atoms with Gasteiger partial charge in [-0.15, -0.1) is 0 Å². The van der Waals surface area contributed by atoms with Gasteiger partial charge in [0, 0.05) is 25.7 Å². The van der Waals surface area contributed by atoms with Gasteiger partial charge in [-0.1, -0.05) is 37.3 Å². The first-order chi connectivity index (χ1) is 10.3. The van der Waals surface area contributed by atoms with Crippen molar-refractivity contribution in [3.05, 3.63) is 35.9 Å². The van der Waals surface area contributed by atoms with E-state index in [4.69, 9.17) is 9.47 Å². The Hall–Kier alpha value is -1.39. The van der Waals surface area contributed by atoms with Gasteiger partial charge >= 0.3 is 0 Å². The van der Waals surface area contributed by atoms with Gasteiger partial charge in [0.2, 0.25) is 5.91 Å². The standard InChI is InChI=1S/C17H23NO3/c1-12-7-9-20-15(12)17(19)18-11-14-8-10-21-16(14)13-5-3-2-4-6-13/h2-6,12,14-16H,7-11H2,1H3,(H,18,19)/t12-,14+,15-,16+/m0/s1. The van der Waals surface area contributed by atoms with Crippen LogP contribution in [0.4, 0.5) is 0 Å². The Balaban J connectivity index is 1.56. The fraction of sp³-hybridized carbons (Fsp3) is 0.588. The predicted molar refractivity (Wildman–Crippen MR) is 79.8 cm³/mol. The number of nitrogens with one attached hydrogen (secondary N) is 1. The van der Waals surface area contributed by atoms with Crippen LogP contribution in [-0.4, -0.2) is 31.8 Å². The SMILES string of the molecule is C[C@H]1CCO[C@@H]1C(=O)NC[C@H]1CCO[C@@H]1c1ccccc1. The van der Waals surface area contributed by atoms with Crippen molar-refractivity contribution in [2.24, 2.45) is 11.8 Å². The van der Waals surface area contributed by atoms with E-state index < -0.39 is 0 Å². The lowest BCUT2D eigenvalue weighted by atomic mass is 9.95. The molecule has 2 aliphatic heterocycles. The lowest BCUT2D eigenvalue weighted by Crippen LogP contribution is -2.40. The zero-order chi connectivity index (χ0) is 14.7. The first-order valence-corrected chi connectivity index (χ1v) is 7.81. The molecule has 2 fully saturated rings. The van der Waals surface area contributed by atoms with Crippen LogP contribution in [0.15, 0.2) is 30.3 Å². The summed E-state index contributed by atoms with van der Waals surface area (Å²) in [6.07, 6.45) is 1.77. The van der Waals surface area contributed by atoms with Gasteiger partial charge in [-0.2, -0.15) is 0 Å². The largest absolute Gasteiger partial charge is 0.373 e. The highest BCUT2D eigenvalue weighted by atomic mass is 16.5. The van der Waals surface area contributed by atoms with Crippen LogP contribution in [-0.2, 0) is 14.3 Å². The molecule has 0 saturated carbocycles. The molecule has 1 aromatic rings. The summed E-state index contributed by atoms with van der Waals surface area (Å²) >= 11 is 0. The second-order valence-corrected chi connectivity index (χ2v) is 6.05. The summed E-state index contributed by atoms with van der Waals surface area (Å²) in [4.78, 5) is 12.2. The molecule has 0 bridgehead atoms. The molecule has 4 heteroatoms. The summed E-state index contributed by atoms with van der Waals surface area (Å²) in [6.45, 7) is 4.18. The Kier molecular flexibility index (Phi) is 4.56. The molecule has 0 radical (unpaired) electrons. The van der Waals surface area contributed by atoms with Crippen molar-refractivity contribution >= 4 is 5.91 Å². The molecule has 2 aliphatic rings. The smallest absolute Gasteiger partial charge is 0.249 e. The van der Waals surface area contributed by atoms with Gasteiger partial charge < -0.3 is 14.8 Å². The van der Waals surface area contributed by atoms with Gasteiger partial charge in [0.05, 0.1) is 6.10 Å². The topological polar surface area (TPSA) is 47.6 Å². The van der Waals surface area contributed by atoms with Crippen LogP contribution in [0.25, 0.3) is 0 Å². The number of amides is 1. The van der Waals surface area contributed by atoms with Gasteiger partial charge in [-0.25, -0.2) is 0 Å². The average molecular weight is 289 g/mol. The van der Waals surface area contributed by atoms with Gasteiger partial charge in [0.1, 0.15) is 6.10 Å². The van der Waals surface area contributed by atoms with Crippen LogP contribution in [0.1, 0.15) is 31.4 Å². The van der Waals surface area contributed by atoms with Gasteiger partial charge in [-0.3, -0.25) is 4.79 Å². The van der Waals surface area contributed by atoms with Crippen LogP contribution in [0.3, 0.4) is 0 Å². The Labute approximate surface area is 125 Å². The third kappa shape index (κ3) is 3.27. The number of ether oxygens (including phenoxy) is 2. The molecule has 0 aromatic heterocycles. The monoisotopic (exact) mass is 289 g/mol. The summed E-state index contributed by atoms with van der Waals surface area (Å²) in [6, 6.07) is 10.2. The normalized spacial score (nSPS) is 32.2. The Morgan fingerprint density at radius 2 is 1.95 bits per heavy atom. The zero-order valence-corrected chi connectivity index (χ0v) is 12.5. The maximum Gasteiger partial charge on any atom is 0.249 e. The molecular formula is C17H23NO3. The predicted octanol–water partition coefficient (Wildman–Crippen LogP) is 2.31. The quantitative estimate of drug-likeness (QED) is 0.925. The highest BCUT2D eigenvalue weighted by Crippen LogP contribution is 2.34. The van der Waals surface area contributed by atoms with Crippen molar-refractivity contribution in [1.29, 1.82) is 0 Å². The van der Waals surface area contributed by atoms with Gasteiger partial charge in [0.15, 0.2) is 0 Å². The van der Waals surface area contributed by atoms with Crippen LogP contribution < -0.4 is 5.32 Å². The third-order valence-electron chi connectivity index (χ3n) is 4.53. The van der Waals surface area contributed by atoms with E-state index in [0.717, 1.165) is 19.4 Å². The van der Waals surface area contributed by atoms with E-state index in [0.29, 0.717) is 25.0 Å². The highest BCUT2D eigenvalue weighted by molar-refractivity contribution is 5.81. The molecule has 0 aliphatic carbocycles. The van der Waals surface area contributed by atoms with E-state index in [1.54, 1.807) is 0 Å². The van der Waals surface area contributed by atoms with Crippen LogP contribution in [0.5, 0.6) is 0 Å².